The molecule has 0 amide bonds. The summed E-state index contributed by atoms with van der Waals surface area (Å²) < 4.78 is 7.11. The molecule has 0 spiro atoms. The topological polar surface area (TPSA) is 9.23 Å². The molecule has 3 aromatic rings. The van der Waals surface area contributed by atoms with Gasteiger partial charge in [0.15, 0.2) is 0 Å². The van der Waals surface area contributed by atoms with Gasteiger partial charge in [-0.25, -0.2) is 0 Å². The number of fused-ring (bicyclic) bond motifs is 1. The fourth-order valence-electron chi connectivity index (χ4n) is 2.32. The van der Waals surface area contributed by atoms with Crippen LogP contribution >= 0.6 is 31.9 Å². The Morgan fingerprint density at radius 3 is 2.52 bits per heavy atom. The molecule has 0 aliphatic carbocycles. The highest BCUT2D eigenvalue weighted by Crippen LogP contribution is 2.37. The number of benzene rings is 3. The number of halogens is 2. The van der Waals surface area contributed by atoms with E-state index < -0.39 is 0 Å². The maximum atomic E-state index is 6.12. The molecule has 0 bridgehead atoms. The van der Waals surface area contributed by atoms with Crippen molar-refractivity contribution in [2.45, 2.75) is 12.3 Å². The number of hydrogen-bond donors (Lipinski definition) is 0. The van der Waals surface area contributed by atoms with Gasteiger partial charge in [-0.05, 0) is 45.8 Å². The van der Waals surface area contributed by atoms with Crippen molar-refractivity contribution >= 4 is 42.6 Å². The first-order valence-electron chi connectivity index (χ1n) is 6.69. The Hall–Kier alpha value is -1.32. The van der Waals surface area contributed by atoms with E-state index in [1.807, 2.05) is 24.3 Å². The molecule has 0 N–H and O–H groups in total. The van der Waals surface area contributed by atoms with Gasteiger partial charge in [0, 0.05) is 10.9 Å². The van der Waals surface area contributed by atoms with E-state index in [0.717, 1.165) is 32.3 Å². The van der Waals surface area contributed by atoms with E-state index in [2.05, 4.69) is 69.1 Å². The molecule has 0 aliphatic heterocycles. The largest absolute Gasteiger partial charge is 0.456 e. The smallest absolute Gasteiger partial charge is 0.142 e. The second kappa shape index (κ2) is 6.20. The lowest BCUT2D eigenvalue weighted by molar-refractivity contribution is 0.476. The van der Waals surface area contributed by atoms with Gasteiger partial charge in [0.25, 0.3) is 0 Å². The molecular weight excluding hydrogens is 392 g/mol. The molecule has 21 heavy (non-hydrogen) atoms. The van der Waals surface area contributed by atoms with Crippen molar-refractivity contribution < 1.29 is 4.74 Å². The van der Waals surface area contributed by atoms with Crippen LogP contribution in [-0.4, -0.2) is 0 Å². The number of ether oxygens (including phenoxy) is 1. The van der Waals surface area contributed by atoms with Gasteiger partial charge < -0.3 is 4.74 Å². The fraction of sp³-hybridized carbons (Fsp3) is 0.111. The van der Waals surface area contributed by atoms with Crippen molar-refractivity contribution in [3.8, 4) is 11.5 Å². The molecule has 106 valence electrons. The van der Waals surface area contributed by atoms with Crippen molar-refractivity contribution in [2.75, 3.05) is 0 Å². The van der Waals surface area contributed by atoms with E-state index in [-0.39, 0.29) is 0 Å². The van der Waals surface area contributed by atoms with Crippen LogP contribution in [0.5, 0.6) is 11.5 Å². The van der Waals surface area contributed by atoms with Crippen molar-refractivity contribution in [1.29, 1.82) is 0 Å². The van der Waals surface area contributed by atoms with Crippen molar-refractivity contribution in [3.63, 3.8) is 0 Å². The third kappa shape index (κ3) is 2.99. The average molecular weight is 406 g/mol. The minimum atomic E-state index is 0.773. The molecule has 0 heterocycles. The second-order valence-corrected chi connectivity index (χ2v) is 6.30. The molecule has 1 nitrogen and oxygen atoms in total. The van der Waals surface area contributed by atoms with Crippen LogP contribution in [0.3, 0.4) is 0 Å². The summed E-state index contributed by atoms with van der Waals surface area (Å²) in [5, 5.41) is 3.12. The summed E-state index contributed by atoms with van der Waals surface area (Å²) in [5.74, 6) is 1.72. The number of rotatable bonds is 3. The summed E-state index contributed by atoms with van der Waals surface area (Å²) in [5.41, 5.74) is 2.38. The van der Waals surface area contributed by atoms with Gasteiger partial charge in [-0.3, -0.25) is 0 Å². The van der Waals surface area contributed by atoms with Crippen LogP contribution in [-0.2, 0) is 5.33 Å². The molecule has 0 aliphatic rings. The monoisotopic (exact) mass is 404 g/mol. The second-order valence-electron chi connectivity index (χ2n) is 4.95. The van der Waals surface area contributed by atoms with Gasteiger partial charge in [-0.15, -0.1) is 0 Å². The normalized spacial score (nSPS) is 10.8. The Morgan fingerprint density at radius 2 is 1.71 bits per heavy atom. The Bertz CT molecular complexity index is 796. The third-order valence-corrected chi connectivity index (χ3v) is 4.83. The highest BCUT2D eigenvalue weighted by Gasteiger charge is 2.09. The predicted molar refractivity (Wildman–Crippen MR) is 95.5 cm³/mol. The first-order chi connectivity index (χ1) is 10.2. The van der Waals surface area contributed by atoms with E-state index in [9.17, 15) is 0 Å². The Kier molecular flexibility index (Phi) is 4.32. The Labute approximate surface area is 141 Å². The highest BCUT2D eigenvalue weighted by atomic mass is 79.9. The van der Waals surface area contributed by atoms with E-state index in [0.29, 0.717) is 0 Å². The lowest BCUT2D eigenvalue weighted by Gasteiger charge is -2.13. The molecule has 0 radical (unpaired) electrons. The fourth-order valence-corrected chi connectivity index (χ4v) is 3.34. The maximum Gasteiger partial charge on any atom is 0.142 e. The molecular formula is C18H14Br2O. The number of hydrogen-bond acceptors (Lipinski definition) is 1. The highest BCUT2D eigenvalue weighted by molar-refractivity contribution is 9.10. The molecule has 3 heteroatoms. The van der Waals surface area contributed by atoms with Gasteiger partial charge in [0.1, 0.15) is 11.5 Å². The summed E-state index contributed by atoms with van der Waals surface area (Å²) >= 11 is 7.19. The summed E-state index contributed by atoms with van der Waals surface area (Å²) in [6.07, 6.45) is 0. The van der Waals surface area contributed by atoms with Gasteiger partial charge in [0.05, 0.1) is 4.47 Å². The van der Waals surface area contributed by atoms with Crippen LogP contribution in [0.15, 0.2) is 59.1 Å². The van der Waals surface area contributed by atoms with Gasteiger partial charge in [-0.2, -0.15) is 0 Å². The van der Waals surface area contributed by atoms with Crippen LogP contribution in [0.1, 0.15) is 11.1 Å². The van der Waals surface area contributed by atoms with Gasteiger partial charge >= 0.3 is 0 Å². The molecule has 0 fully saturated rings. The predicted octanol–water partition coefficient (Wildman–Crippen LogP) is 6.60. The zero-order valence-corrected chi connectivity index (χ0v) is 14.7. The third-order valence-electron chi connectivity index (χ3n) is 3.41. The average Bonchev–Trinajstić information content (AvgIpc) is 2.51. The minimum Gasteiger partial charge on any atom is -0.456 e. The first-order valence-corrected chi connectivity index (χ1v) is 8.61. The Morgan fingerprint density at radius 1 is 0.952 bits per heavy atom. The van der Waals surface area contributed by atoms with E-state index in [1.165, 1.54) is 10.9 Å². The van der Waals surface area contributed by atoms with Crippen molar-refractivity contribution in [1.82, 2.24) is 0 Å². The van der Waals surface area contributed by atoms with Crippen LogP contribution < -0.4 is 4.74 Å². The lowest BCUT2D eigenvalue weighted by Crippen LogP contribution is -1.91. The standard InChI is InChI=1S/C18H14Br2O/c1-12-6-8-16(14(10-12)11-19)21-17-9-7-13-4-2-3-5-15(13)18(17)20/h2-10H,11H2,1H3. The lowest BCUT2D eigenvalue weighted by atomic mass is 10.1. The summed E-state index contributed by atoms with van der Waals surface area (Å²) in [7, 11) is 0. The summed E-state index contributed by atoms with van der Waals surface area (Å²) in [6, 6.07) is 18.6. The molecule has 3 rings (SSSR count). The van der Waals surface area contributed by atoms with Crippen molar-refractivity contribution in [2.24, 2.45) is 0 Å². The molecule has 0 aromatic heterocycles. The summed E-state index contributed by atoms with van der Waals surface area (Å²) in [4.78, 5) is 0. The number of alkyl halides is 1. The van der Waals surface area contributed by atoms with E-state index in [4.69, 9.17) is 4.74 Å². The van der Waals surface area contributed by atoms with E-state index in [1.54, 1.807) is 0 Å². The van der Waals surface area contributed by atoms with Crippen molar-refractivity contribution in [3.05, 3.63) is 70.2 Å². The Balaban J connectivity index is 2.04. The number of aryl methyl sites for hydroxylation is 1. The SMILES string of the molecule is Cc1ccc(Oc2ccc3ccccc3c2Br)c(CBr)c1. The van der Waals surface area contributed by atoms with Gasteiger partial charge in [0.2, 0.25) is 0 Å². The zero-order valence-electron chi connectivity index (χ0n) is 11.6. The molecule has 0 unspecified atom stereocenters. The maximum absolute atomic E-state index is 6.12. The quantitative estimate of drug-likeness (QED) is 0.446. The summed E-state index contributed by atoms with van der Waals surface area (Å²) in [6.45, 7) is 2.09. The van der Waals surface area contributed by atoms with Gasteiger partial charge in [-0.1, -0.05) is 64.0 Å². The van der Waals surface area contributed by atoms with Crippen LogP contribution in [0, 0.1) is 6.92 Å². The molecule has 0 atom stereocenters. The first kappa shape index (κ1) is 14.6. The van der Waals surface area contributed by atoms with Crippen LogP contribution in [0.25, 0.3) is 10.8 Å². The van der Waals surface area contributed by atoms with Crippen LogP contribution in [0.4, 0.5) is 0 Å². The molecule has 3 aromatic carbocycles. The molecule has 0 saturated carbocycles. The van der Waals surface area contributed by atoms with E-state index >= 15 is 0 Å². The zero-order chi connectivity index (χ0) is 14.8. The minimum absolute atomic E-state index is 0.773. The molecule has 0 saturated heterocycles. The van der Waals surface area contributed by atoms with Crippen LogP contribution in [0.2, 0.25) is 0 Å².